The van der Waals surface area contributed by atoms with Crippen molar-refractivity contribution in [1.29, 1.82) is 0 Å². The summed E-state index contributed by atoms with van der Waals surface area (Å²) < 4.78 is 34.1. The minimum absolute atomic E-state index is 0. The van der Waals surface area contributed by atoms with Gasteiger partial charge >= 0.3 is 206 Å². The molecule has 0 saturated heterocycles. The minimum Gasteiger partial charge on any atom is -1.00 e. The van der Waals surface area contributed by atoms with Crippen molar-refractivity contribution in [2.75, 3.05) is 0 Å². The molecule has 0 aliphatic heterocycles. The van der Waals surface area contributed by atoms with Crippen molar-refractivity contribution >= 4 is 10.4 Å². The van der Waals surface area contributed by atoms with E-state index < -0.39 is 10.4 Å². The molecule has 0 atom stereocenters. The Morgan fingerprint density at radius 2 is 0.727 bits per heavy atom. The van der Waals surface area contributed by atoms with Gasteiger partial charge in [-0.05, 0) is 0 Å². The van der Waals surface area contributed by atoms with Gasteiger partial charge in [0.2, 0.25) is 0 Å². The molecule has 0 amide bonds. The zero-order valence-corrected chi connectivity index (χ0v) is 20.2. The summed E-state index contributed by atoms with van der Waals surface area (Å²) in [5.41, 5.74) is 0. The van der Waals surface area contributed by atoms with Crippen LogP contribution in [0.2, 0.25) is 0 Å². The van der Waals surface area contributed by atoms with Gasteiger partial charge in [0.25, 0.3) is 0 Å². The third-order valence-electron chi connectivity index (χ3n) is 0. The molecule has 0 bridgehead atoms. The van der Waals surface area contributed by atoms with Gasteiger partial charge in [0.05, 0.1) is 0 Å². The molecule has 0 aromatic heterocycles. The molecule has 0 aromatic rings. The molecule has 0 unspecified atom stereocenters. The predicted molar refractivity (Wildman–Crippen MR) is 10.5 cm³/mol. The molecule has 0 fully saturated rings. The summed E-state index contributed by atoms with van der Waals surface area (Å²) in [6.07, 6.45) is 0. The van der Waals surface area contributed by atoms with Crippen LogP contribution >= 0.6 is 0 Å². The van der Waals surface area contributed by atoms with Crippen molar-refractivity contribution in [3.05, 3.63) is 0 Å². The van der Waals surface area contributed by atoms with Crippen LogP contribution in [0.3, 0.4) is 0 Å². The number of rotatable bonds is 0. The molecule has 0 radical (unpaired) electrons. The molecule has 0 aromatic carbocycles. The van der Waals surface area contributed by atoms with Crippen LogP contribution in [-0.4, -0.2) is 17.5 Å². The van der Waals surface area contributed by atoms with Crippen LogP contribution in [0.1, 0.15) is 0 Å². The SMILES string of the molecule is O=S(=O)([O-])[O-].[K+].[K+].[K+].[K+].[O-][O-]. The van der Waals surface area contributed by atoms with E-state index in [0.717, 1.165) is 0 Å². The maximum Gasteiger partial charge on any atom is 1.00 e. The molecule has 11 heteroatoms. The number of hydrogen-bond acceptors (Lipinski definition) is 6. The van der Waals surface area contributed by atoms with Gasteiger partial charge in [-0.2, -0.15) is 0 Å². The molecule has 0 aliphatic rings. The van der Waals surface area contributed by atoms with E-state index in [-0.39, 0.29) is 206 Å². The Hall–Kier alpha value is 6.34. The van der Waals surface area contributed by atoms with Crippen molar-refractivity contribution < 1.29 is 234 Å². The summed E-state index contributed by atoms with van der Waals surface area (Å²) in [6.45, 7) is 0. The van der Waals surface area contributed by atoms with Gasteiger partial charge in [-0.1, -0.05) is 0 Å². The fraction of sp³-hybridized carbons (Fsp3) is 0. The molecule has 46 valence electrons. The summed E-state index contributed by atoms with van der Waals surface area (Å²) >= 11 is 0. The molecule has 0 aliphatic carbocycles. The average Bonchev–Trinajstić information content (AvgIpc) is 1.36. The van der Waals surface area contributed by atoms with E-state index in [4.69, 9.17) is 28.0 Å². The Morgan fingerprint density at radius 3 is 0.727 bits per heavy atom. The van der Waals surface area contributed by atoms with E-state index in [1.54, 1.807) is 0 Å². The zero-order valence-electron chi connectivity index (χ0n) is 6.86. The van der Waals surface area contributed by atoms with Crippen LogP contribution in [0.5, 0.6) is 0 Å². The van der Waals surface area contributed by atoms with Crippen LogP contribution in [-0.2, 0) is 10.4 Å². The Morgan fingerprint density at radius 1 is 0.727 bits per heavy atom. The van der Waals surface area contributed by atoms with E-state index >= 15 is 0 Å². The first-order valence-corrected chi connectivity index (χ1v) is 2.17. The van der Waals surface area contributed by atoms with Crippen molar-refractivity contribution in [2.24, 2.45) is 0 Å². The predicted octanol–water partition coefficient (Wildman–Crippen LogP) is -15.7. The summed E-state index contributed by atoms with van der Waals surface area (Å²) in [6, 6.07) is 0. The second-order valence-corrected chi connectivity index (χ2v) is 1.22. The molecule has 0 saturated carbocycles. The third kappa shape index (κ3) is 83.6. The molecule has 11 heavy (non-hydrogen) atoms. The molecule has 0 N–H and O–H groups in total. The summed E-state index contributed by atoms with van der Waals surface area (Å²) in [5.74, 6) is 0. The van der Waals surface area contributed by atoms with Crippen molar-refractivity contribution in [3.63, 3.8) is 0 Å². The van der Waals surface area contributed by atoms with Gasteiger partial charge in [-0.3, -0.25) is 8.42 Å². The Balaban J connectivity index is -0.00000000972. The monoisotopic (exact) mass is 284 g/mol. The second-order valence-electron chi connectivity index (χ2n) is 0.408. The van der Waals surface area contributed by atoms with E-state index in [2.05, 4.69) is 0 Å². The second kappa shape index (κ2) is 25.2. The standard InChI is InChI=1S/4K.H2O4S.O2/c;;;;1-5(2,3)4;1-2/h;;;;(H2,1,2,3,4);/q4*+1;;-2/p-2. The van der Waals surface area contributed by atoms with Crippen LogP contribution in [0, 0.1) is 0 Å². The van der Waals surface area contributed by atoms with Crippen LogP contribution < -0.4 is 216 Å². The molecular weight excluding hydrogens is 284 g/mol. The molecule has 6 nitrogen and oxygen atoms in total. The van der Waals surface area contributed by atoms with E-state index in [0.29, 0.717) is 0 Å². The molecular formula is K4O6S. The first kappa shape index (κ1) is 36.0. The average molecular weight is 284 g/mol. The topological polar surface area (TPSA) is 126 Å². The number of hydrogen-bond donors (Lipinski definition) is 0. The molecule has 0 spiro atoms. The fourth-order valence-corrected chi connectivity index (χ4v) is 0. The Kier molecular flexibility index (Phi) is 82.6. The van der Waals surface area contributed by atoms with E-state index in [1.807, 2.05) is 0 Å². The van der Waals surface area contributed by atoms with Gasteiger partial charge in [0.15, 0.2) is 0 Å². The largest absolute Gasteiger partial charge is 1.00 e. The maximum atomic E-state index is 8.52. The van der Waals surface area contributed by atoms with Crippen molar-refractivity contribution in [2.45, 2.75) is 0 Å². The van der Waals surface area contributed by atoms with Crippen LogP contribution in [0.4, 0.5) is 0 Å². The quantitative estimate of drug-likeness (QED) is 0.143. The van der Waals surface area contributed by atoms with Crippen molar-refractivity contribution in [3.8, 4) is 0 Å². The normalized spacial score (nSPS) is 5.82. The van der Waals surface area contributed by atoms with Crippen LogP contribution in [0.15, 0.2) is 0 Å². The summed E-state index contributed by atoms with van der Waals surface area (Å²) in [7, 11) is -5.17. The smallest absolute Gasteiger partial charge is 1.00 e. The van der Waals surface area contributed by atoms with Gasteiger partial charge in [-0.15, -0.1) is 0 Å². The molecule has 0 rings (SSSR count). The minimum atomic E-state index is -5.17. The van der Waals surface area contributed by atoms with Gasteiger partial charge in [-0.25, -0.2) is 0 Å². The van der Waals surface area contributed by atoms with Gasteiger partial charge in [0.1, 0.15) is 0 Å². The van der Waals surface area contributed by atoms with Crippen LogP contribution in [0.25, 0.3) is 0 Å². The van der Waals surface area contributed by atoms with E-state index in [9.17, 15) is 0 Å². The first-order chi connectivity index (χ1) is 3.00. The molecule has 0 heterocycles. The summed E-state index contributed by atoms with van der Waals surface area (Å²) in [5, 5.41) is 14.0. The Labute approximate surface area is 235 Å². The Bertz CT molecular complexity index is 97.8. The van der Waals surface area contributed by atoms with Gasteiger partial charge in [0, 0.05) is 10.4 Å². The fourth-order valence-electron chi connectivity index (χ4n) is 0. The third-order valence-corrected chi connectivity index (χ3v) is 0. The van der Waals surface area contributed by atoms with E-state index in [1.165, 1.54) is 0 Å². The first-order valence-electron chi connectivity index (χ1n) is 0.833. The van der Waals surface area contributed by atoms with Gasteiger partial charge < -0.3 is 19.6 Å². The van der Waals surface area contributed by atoms with Crippen molar-refractivity contribution in [1.82, 2.24) is 0 Å². The summed E-state index contributed by atoms with van der Waals surface area (Å²) in [4.78, 5) is 0. The maximum absolute atomic E-state index is 8.52. The zero-order chi connectivity index (χ0) is 6.50.